The molecule has 1 amide bonds. The molecule has 0 fully saturated rings. The van der Waals surface area contributed by atoms with Crippen LogP contribution in [0.15, 0.2) is 79.4 Å². The van der Waals surface area contributed by atoms with E-state index in [9.17, 15) is 4.79 Å². The number of aryl methyl sites for hydroxylation is 1. The first kappa shape index (κ1) is 15.8. The van der Waals surface area contributed by atoms with Gasteiger partial charge in [-0.25, -0.2) is 9.36 Å². The summed E-state index contributed by atoms with van der Waals surface area (Å²) in [6.45, 7) is 1.96. The zero-order valence-electron chi connectivity index (χ0n) is 14.2. The molecule has 0 aliphatic rings. The van der Waals surface area contributed by atoms with Crippen LogP contribution in [0.25, 0.3) is 11.4 Å². The van der Waals surface area contributed by atoms with Gasteiger partial charge in [0.15, 0.2) is 0 Å². The molecule has 0 aliphatic heterocycles. The molecule has 0 saturated carbocycles. The molecule has 26 heavy (non-hydrogen) atoms. The van der Waals surface area contributed by atoms with Gasteiger partial charge in [0.25, 0.3) is 5.91 Å². The van der Waals surface area contributed by atoms with Crippen LogP contribution in [0.1, 0.15) is 15.9 Å². The normalized spacial score (nSPS) is 10.7. The topological polar surface area (TPSA) is 64.7 Å². The molecule has 128 valence electrons. The molecule has 0 bridgehead atoms. The van der Waals surface area contributed by atoms with Crippen LogP contribution in [-0.4, -0.2) is 25.5 Å². The first-order valence-electron chi connectivity index (χ1n) is 8.23. The van der Waals surface area contributed by atoms with Crippen molar-refractivity contribution < 1.29 is 4.79 Å². The summed E-state index contributed by atoms with van der Waals surface area (Å²) < 4.78 is 3.51. The molecular weight excluding hydrogens is 326 g/mol. The molecule has 2 aromatic heterocycles. The maximum atomic E-state index is 12.6. The lowest BCUT2D eigenvalue weighted by molar-refractivity contribution is 0.102. The van der Waals surface area contributed by atoms with E-state index < -0.39 is 0 Å². The van der Waals surface area contributed by atoms with Gasteiger partial charge in [-0.1, -0.05) is 6.07 Å². The van der Waals surface area contributed by atoms with E-state index in [2.05, 4.69) is 15.5 Å². The Kier molecular flexibility index (Phi) is 4.07. The highest BCUT2D eigenvalue weighted by atomic mass is 16.1. The largest absolute Gasteiger partial charge is 0.322 e. The number of hydrogen-bond acceptors (Lipinski definition) is 3. The fourth-order valence-corrected chi connectivity index (χ4v) is 2.76. The minimum Gasteiger partial charge on any atom is -0.322 e. The molecule has 1 N–H and O–H groups in total. The summed E-state index contributed by atoms with van der Waals surface area (Å²) in [6, 6.07) is 16.9. The van der Waals surface area contributed by atoms with Crippen LogP contribution in [0.3, 0.4) is 0 Å². The van der Waals surface area contributed by atoms with Crippen molar-refractivity contribution >= 4 is 11.6 Å². The number of benzene rings is 2. The monoisotopic (exact) mass is 343 g/mol. The highest BCUT2D eigenvalue weighted by Gasteiger charge is 2.10. The SMILES string of the molecule is Cc1cc(-n2cccn2)ccc1NC(=O)c1cccc(-n2cccn2)c1. The molecule has 0 spiro atoms. The fourth-order valence-electron chi connectivity index (χ4n) is 2.76. The van der Waals surface area contributed by atoms with Crippen LogP contribution < -0.4 is 5.32 Å². The third-order valence-electron chi connectivity index (χ3n) is 4.10. The lowest BCUT2D eigenvalue weighted by atomic mass is 10.1. The van der Waals surface area contributed by atoms with Crippen molar-refractivity contribution in [1.82, 2.24) is 19.6 Å². The minimum atomic E-state index is -0.158. The number of rotatable bonds is 4. The van der Waals surface area contributed by atoms with Crippen LogP contribution >= 0.6 is 0 Å². The lowest BCUT2D eigenvalue weighted by Crippen LogP contribution is -2.13. The average Bonchev–Trinajstić information content (AvgIpc) is 3.37. The van der Waals surface area contributed by atoms with Crippen molar-refractivity contribution in [1.29, 1.82) is 0 Å². The van der Waals surface area contributed by atoms with Gasteiger partial charge in [0.2, 0.25) is 0 Å². The number of carbonyl (C=O) groups excluding carboxylic acids is 1. The lowest BCUT2D eigenvalue weighted by Gasteiger charge is -2.11. The summed E-state index contributed by atoms with van der Waals surface area (Å²) in [5.74, 6) is -0.158. The smallest absolute Gasteiger partial charge is 0.255 e. The van der Waals surface area contributed by atoms with Crippen molar-refractivity contribution in [2.45, 2.75) is 6.92 Å². The van der Waals surface area contributed by atoms with Gasteiger partial charge in [0, 0.05) is 36.0 Å². The second-order valence-electron chi connectivity index (χ2n) is 5.90. The number of carbonyl (C=O) groups is 1. The van der Waals surface area contributed by atoms with Gasteiger partial charge in [-0.05, 0) is 61.0 Å². The zero-order chi connectivity index (χ0) is 17.9. The molecule has 0 atom stereocenters. The van der Waals surface area contributed by atoms with Crippen LogP contribution in [0.4, 0.5) is 5.69 Å². The van der Waals surface area contributed by atoms with Crippen molar-refractivity contribution in [3.8, 4) is 11.4 Å². The van der Waals surface area contributed by atoms with E-state index in [0.29, 0.717) is 5.56 Å². The van der Waals surface area contributed by atoms with Crippen molar-refractivity contribution in [2.75, 3.05) is 5.32 Å². The quantitative estimate of drug-likeness (QED) is 0.615. The standard InChI is InChI=1S/C20H17N5O/c1-15-13-18(25-12-4-10-22-25)7-8-19(15)23-20(26)16-5-2-6-17(14-16)24-11-3-9-21-24/h2-14H,1H3,(H,23,26). The summed E-state index contributed by atoms with van der Waals surface area (Å²) >= 11 is 0. The molecule has 6 nitrogen and oxygen atoms in total. The van der Waals surface area contributed by atoms with E-state index in [-0.39, 0.29) is 5.91 Å². The van der Waals surface area contributed by atoms with E-state index in [1.54, 1.807) is 27.8 Å². The number of aromatic nitrogens is 4. The molecule has 4 aromatic rings. The van der Waals surface area contributed by atoms with E-state index in [1.165, 1.54) is 0 Å². The van der Waals surface area contributed by atoms with Gasteiger partial charge in [0.05, 0.1) is 11.4 Å². The van der Waals surface area contributed by atoms with Crippen LogP contribution in [0, 0.1) is 6.92 Å². The summed E-state index contributed by atoms with van der Waals surface area (Å²) in [7, 11) is 0. The molecule has 6 heteroatoms. The third kappa shape index (κ3) is 3.12. The summed E-state index contributed by atoms with van der Waals surface area (Å²) in [5.41, 5.74) is 4.11. The summed E-state index contributed by atoms with van der Waals surface area (Å²) in [6.07, 6.45) is 7.16. The number of nitrogens with zero attached hydrogens (tertiary/aromatic N) is 4. The summed E-state index contributed by atoms with van der Waals surface area (Å²) in [5, 5.41) is 11.4. The van der Waals surface area contributed by atoms with E-state index in [0.717, 1.165) is 22.6 Å². The number of amides is 1. The molecule has 0 radical (unpaired) electrons. The highest BCUT2D eigenvalue weighted by Crippen LogP contribution is 2.20. The van der Waals surface area contributed by atoms with E-state index >= 15 is 0 Å². The molecule has 0 saturated heterocycles. The van der Waals surface area contributed by atoms with E-state index in [4.69, 9.17) is 0 Å². The predicted molar refractivity (Wildman–Crippen MR) is 99.8 cm³/mol. The first-order chi connectivity index (χ1) is 12.7. The van der Waals surface area contributed by atoms with Gasteiger partial charge in [-0.3, -0.25) is 4.79 Å². The van der Waals surface area contributed by atoms with Gasteiger partial charge >= 0.3 is 0 Å². The van der Waals surface area contributed by atoms with Gasteiger partial charge in [-0.15, -0.1) is 0 Å². The number of nitrogens with one attached hydrogen (secondary N) is 1. The molecule has 4 rings (SSSR count). The molecule has 2 heterocycles. The first-order valence-corrected chi connectivity index (χ1v) is 8.23. The van der Waals surface area contributed by atoms with Crippen molar-refractivity contribution in [2.24, 2.45) is 0 Å². The molecular formula is C20H17N5O. The van der Waals surface area contributed by atoms with Gasteiger partial charge < -0.3 is 5.32 Å². The zero-order valence-corrected chi connectivity index (χ0v) is 14.2. The Hall–Kier alpha value is -3.67. The predicted octanol–water partition coefficient (Wildman–Crippen LogP) is 3.62. The summed E-state index contributed by atoms with van der Waals surface area (Å²) in [4.78, 5) is 12.6. The second-order valence-corrected chi connectivity index (χ2v) is 5.90. The fraction of sp³-hybridized carbons (Fsp3) is 0.0500. The Morgan fingerprint density at radius 2 is 1.58 bits per heavy atom. The Labute approximate surface area is 150 Å². The van der Waals surface area contributed by atoms with Crippen molar-refractivity contribution in [3.63, 3.8) is 0 Å². The number of hydrogen-bond donors (Lipinski definition) is 1. The van der Waals surface area contributed by atoms with Crippen LogP contribution in [-0.2, 0) is 0 Å². The highest BCUT2D eigenvalue weighted by molar-refractivity contribution is 6.05. The van der Waals surface area contributed by atoms with Gasteiger partial charge in [0.1, 0.15) is 0 Å². The Balaban J connectivity index is 1.56. The van der Waals surface area contributed by atoms with Crippen LogP contribution in [0.2, 0.25) is 0 Å². The minimum absolute atomic E-state index is 0.158. The van der Waals surface area contributed by atoms with Crippen LogP contribution in [0.5, 0.6) is 0 Å². The van der Waals surface area contributed by atoms with E-state index in [1.807, 2.05) is 67.8 Å². The second kappa shape index (κ2) is 6.68. The van der Waals surface area contributed by atoms with Gasteiger partial charge in [-0.2, -0.15) is 10.2 Å². The third-order valence-corrected chi connectivity index (χ3v) is 4.10. The molecule has 0 aliphatic carbocycles. The average molecular weight is 343 g/mol. The molecule has 2 aromatic carbocycles. The van der Waals surface area contributed by atoms with Crippen molar-refractivity contribution in [3.05, 3.63) is 90.5 Å². The Morgan fingerprint density at radius 3 is 2.19 bits per heavy atom. The molecule has 0 unspecified atom stereocenters. The Bertz CT molecular complexity index is 1040. The maximum absolute atomic E-state index is 12.6. The maximum Gasteiger partial charge on any atom is 0.255 e. The Morgan fingerprint density at radius 1 is 0.885 bits per heavy atom. The number of anilines is 1.